The molecule has 0 amide bonds. The lowest BCUT2D eigenvalue weighted by molar-refractivity contribution is -0.390. The Hall–Kier alpha value is -3.26. The van der Waals surface area contributed by atoms with Gasteiger partial charge < -0.3 is 47.4 Å². The number of fused-ring (bicyclic) bond motifs is 4. The molecule has 3 aromatic rings. The molecule has 0 radical (unpaired) electrons. The molecule has 10 nitrogen and oxygen atoms in total. The average molecular weight is 865 g/mol. The van der Waals surface area contributed by atoms with Crippen molar-refractivity contribution >= 4 is 0 Å². The van der Waals surface area contributed by atoms with E-state index in [9.17, 15) is 0 Å². The Bertz CT molecular complexity index is 1970. The van der Waals surface area contributed by atoms with Crippen molar-refractivity contribution in [2.75, 3.05) is 13.2 Å². The van der Waals surface area contributed by atoms with Gasteiger partial charge in [0.25, 0.3) is 0 Å². The van der Waals surface area contributed by atoms with Crippen LogP contribution in [0.2, 0.25) is 0 Å². The quantitative estimate of drug-likeness (QED) is 0.109. The normalized spacial score (nSPS) is 41.0. The number of benzene rings is 3. The first-order valence-corrected chi connectivity index (χ1v) is 23.3. The highest BCUT2D eigenvalue weighted by Gasteiger charge is 2.63. The molecule has 6 aliphatic rings. The van der Waals surface area contributed by atoms with Crippen molar-refractivity contribution < 1.29 is 47.4 Å². The second-order valence-corrected chi connectivity index (χ2v) is 19.6. The number of hydrogen-bond acceptors (Lipinski definition) is 10. The number of hydrogen-bond donors (Lipinski definition) is 0. The van der Waals surface area contributed by atoms with Crippen molar-refractivity contribution in [3.05, 3.63) is 133 Å². The van der Waals surface area contributed by atoms with Gasteiger partial charge in [0, 0.05) is 44.3 Å². The largest absolute Gasteiger partial charge is 0.377 e. The zero-order chi connectivity index (χ0) is 43.7. The van der Waals surface area contributed by atoms with E-state index in [1.165, 1.54) is 5.56 Å². The van der Waals surface area contributed by atoms with E-state index in [2.05, 4.69) is 77.3 Å². The molecule has 6 fully saturated rings. The topological polar surface area (TPSA) is 92.3 Å². The average Bonchev–Trinajstić information content (AvgIpc) is 3.28. The first-order chi connectivity index (χ1) is 30.5. The lowest BCUT2D eigenvalue weighted by atomic mass is 9.73. The Morgan fingerprint density at radius 3 is 2.13 bits per heavy atom. The maximum Gasteiger partial charge on any atom is 0.184 e. The van der Waals surface area contributed by atoms with Crippen LogP contribution >= 0.6 is 0 Å². The summed E-state index contributed by atoms with van der Waals surface area (Å²) >= 11 is 0. The molecule has 63 heavy (non-hydrogen) atoms. The van der Waals surface area contributed by atoms with Crippen molar-refractivity contribution in [2.45, 2.75) is 182 Å². The van der Waals surface area contributed by atoms with Gasteiger partial charge in [-0.05, 0) is 58.1 Å². The Labute approximate surface area is 374 Å². The van der Waals surface area contributed by atoms with Crippen molar-refractivity contribution in [3.63, 3.8) is 0 Å². The molecule has 3 aromatic carbocycles. The van der Waals surface area contributed by atoms with Gasteiger partial charge >= 0.3 is 0 Å². The zero-order valence-corrected chi connectivity index (χ0v) is 37.6. The molecule has 0 N–H and O–H groups in total. The van der Waals surface area contributed by atoms with Crippen LogP contribution in [0.25, 0.3) is 0 Å². The molecule has 15 atom stereocenters. The molecule has 9 rings (SSSR count). The minimum atomic E-state index is -0.692. The molecule has 6 aliphatic heterocycles. The highest BCUT2D eigenvalue weighted by molar-refractivity contribution is 5.19. The van der Waals surface area contributed by atoms with E-state index in [-0.39, 0.29) is 61.0 Å². The van der Waals surface area contributed by atoms with Crippen LogP contribution in [0.3, 0.4) is 0 Å². The van der Waals surface area contributed by atoms with Gasteiger partial charge in [0.15, 0.2) is 6.29 Å². The molecule has 0 bridgehead atoms. The fourth-order valence-corrected chi connectivity index (χ4v) is 11.1. The van der Waals surface area contributed by atoms with E-state index in [1.807, 2.05) is 66.7 Å². The summed E-state index contributed by atoms with van der Waals surface area (Å²) in [6.07, 6.45) is 6.78. The summed E-state index contributed by atoms with van der Waals surface area (Å²) in [5, 5.41) is 0. The third-order valence-corrected chi connectivity index (χ3v) is 14.7. The Morgan fingerprint density at radius 2 is 1.41 bits per heavy atom. The van der Waals surface area contributed by atoms with Gasteiger partial charge in [0.05, 0.1) is 86.0 Å². The first-order valence-electron chi connectivity index (χ1n) is 23.3. The van der Waals surface area contributed by atoms with Crippen molar-refractivity contribution in [2.24, 2.45) is 0 Å². The third-order valence-electron chi connectivity index (χ3n) is 14.7. The predicted molar refractivity (Wildman–Crippen MR) is 239 cm³/mol. The van der Waals surface area contributed by atoms with Gasteiger partial charge in [-0.2, -0.15) is 0 Å². The summed E-state index contributed by atoms with van der Waals surface area (Å²) in [7, 11) is 0. The molecule has 0 saturated carbocycles. The second kappa shape index (κ2) is 18.9. The molecule has 6 saturated heterocycles. The molecule has 0 aliphatic carbocycles. The third kappa shape index (κ3) is 9.55. The van der Waals surface area contributed by atoms with Crippen molar-refractivity contribution in [1.82, 2.24) is 0 Å². The van der Waals surface area contributed by atoms with E-state index < -0.39 is 28.7 Å². The maximum atomic E-state index is 7.26. The smallest absolute Gasteiger partial charge is 0.184 e. The fraction of sp³-hybridized carbons (Fsp3) is 0.585. The van der Waals surface area contributed by atoms with E-state index in [0.29, 0.717) is 58.5 Å². The highest BCUT2D eigenvalue weighted by Crippen LogP contribution is 2.52. The van der Waals surface area contributed by atoms with Gasteiger partial charge in [-0.1, -0.05) is 103 Å². The van der Waals surface area contributed by atoms with Crippen LogP contribution in [0.4, 0.5) is 0 Å². The SMILES string of the molecule is C=CC[C@]1(C)O[C@@H]2C[C@@H]3O[C@H](c4ccccc4)OC[C@@]3(C)O[C@@]2(C)C[C@H]1O[C@H]1C[C@H]2O[C@@]3(C)[C@@H](OCc4ccccc4)C[C@@H](CCCOCc4ccccc4)O[C@@H]3C[C@@H]2O[C@@H]1C=C. The molecule has 10 heteroatoms. The summed E-state index contributed by atoms with van der Waals surface area (Å²) in [6, 6.07) is 30.7. The van der Waals surface area contributed by atoms with Gasteiger partial charge in [-0.3, -0.25) is 0 Å². The number of rotatable bonds is 15. The van der Waals surface area contributed by atoms with Crippen molar-refractivity contribution in [3.8, 4) is 0 Å². The van der Waals surface area contributed by atoms with E-state index in [4.69, 9.17) is 47.4 Å². The highest BCUT2D eigenvalue weighted by atomic mass is 16.7. The summed E-state index contributed by atoms with van der Waals surface area (Å²) < 4.78 is 68.4. The molecular formula is C53H68O10. The summed E-state index contributed by atoms with van der Waals surface area (Å²) in [6.45, 7) is 19.1. The van der Waals surface area contributed by atoms with Crippen LogP contribution in [0, 0.1) is 0 Å². The Kier molecular flexibility index (Phi) is 13.5. The standard InChI is InChI=1S/C53H68O10/c1-7-26-50(3)48(32-51(4)45(62-50)31-44-52(5,63-51)35-56-49(60-44)38-23-16-11-17-24-38)59-41-29-43-42(58-40(41)8-2)30-47-53(6,61-43)46(55-34-37-21-14-10-15-22-37)28-39(57-47)25-18-27-54-33-36-19-12-9-13-20-36/h7-17,19-24,39-49H,1-2,18,25-35H2,3-6H3/t39-,40-,41+,42+,43-,44+,45-,46+,47-,48-,49-,50+,51+,52-,53+/m1/s1. The van der Waals surface area contributed by atoms with Crippen LogP contribution in [-0.2, 0) is 60.6 Å². The Balaban J connectivity index is 0.882. The molecule has 340 valence electrons. The lowest BCUT2D eigenvalue weighted by Crippen LogP contribution is -2.71. The Morgan fingerprint density at radius 1 is 0.698 bits per heavy atom. The zero-order valence-electron chi connectivity index (χ0n) is 37.6. The van der Waals surface area contributed by atoms with Gasteiger partial charge in [0.2, 0.25) is 0 Å². The fourth-order valence-electron chi connectivity index (χ4n) is 11.1. The van der Waals surface area contributed by atoms with E-state index >= 15 is 0 Å². The van der Waals surface area contributed by atoms with Crippen LogP contribution in [0.15, 0.2) is 116 Å². The minimum Gasteiger partial charge on any atom is -0.377 e. The van der Waals surface area contributed by atoms with Gasteiger partial charge in [0.1, 0.15) is 17.3 Å². The van der Waals surface area contributed by atoms with Gasteiger partial charge in [-0.15, -0.1) is 13.2 Å². The summed E-state index contributed by atoms with van der Waals surface area (Å²) in [4.78, 5) is 0. The molecule has 6 heterocycles. The van der Waals surface area contributed by atoms with Crippen LogP contribution in [0.1, 0.15) is 102 Å². The number of ether oxygens (including phenoxy) is 10. The predicted octanol–water partition coefficient (Wildman–Crippen LogP) is 9.55. The van der Waals surface area contributed by atoms with E-state index in [0.717, 1.165) is 30.4 Å². The monoisotopic (exact) mass is 864 g/mol. The first kappa shape index (κ1) is 44.9. The second-order valence-electron chi connectivity index (χ2n) is 19.6. The minimum absolute atomic E-state index is 0.00907. The van der Waals surface area contributed by atoms with E-state index in [1.54, 1.807) is 0 Å². The van der Waals surface area contributed by atoms with Gasteiger partial charge in [-0.25, -0.2) is 0 Å². The van der Waals surface area contributed by atoms with Crippen LogP contribution < -0.4 is 0 Å². The lowest BCUT2D eigenvalue weighted by Gasteiger charge is -2.61. The molecule has 0 unspecified atom stereocenters. The molecular weight excluding hydrogens is 797 g/mol. The van der Waals surface area contributed by atoms with Crippen molar-refractivity contribution in [1.29, 1.82) is 0 Å². The van der Waals surface area contributed by atoms with Crippen LogP contribution in [0.5, 0.6) is 0 Å². The maximum absolute atomic E-state index is 7.26. The summed E-state index contributed by atoms with van der Waals surface area (Å²) in [5.74, 6) is 0. The molecule has 0 spiro atoms. The van der Waals surface area contributed by atoms with Crippen LogP contribution in [-0.4, -0.2) is 96.7 Å². The summed E-state index contributed by atoms with van der Waals surface area (Å²) in [5.41, 5.74) is 0.635. The molecule has 0 aromatic heterocycles.